The molecule has 13 heteroatoms. The van der Waals surface area contributed by atoms with Gasteiger partial charge in [0, 0.05) is 44.4 Å². The fourth-order valence-electron chi connectivity index (χ4n) is 3.58. The van der Waals surface area contributed by atoms with Crippen LogP contribution < -0.4 is 10.1 Å². The Bertz CT molecular complexity index is 1480. The molecule has 0 bridgehead atoms. The zero-order valence-corrected chi connectivity index (χ0v) is 18.2. The van der Waals surface area contributed by atoms with E-state index in [9.17, 15) is 13.2 Å². The van der Waals surface area contributed by atoms with Crippen molar-refractivity contribution in [3.63, 3.8) is 0 Å². The number of hydrogen-bond donors (Lipinski definition) is 1. The number of alkyl halides is 3. The van der Waals surface area contributed by atoms with Gasteiger partial charge in [0.05, 0.1) is 11.9 Å². The van der Waals surface area contributed by atoms with E-state index in [0.29, 0.717) is 23.0 Å². The molecular formula is C21H18F3N9O. The van der Waals surface area contributed by atoms with Crippen LogP contribution in [0.25, 0.3) is 28.4 Å². The van der Waals surface area contributed by atoms with E-state index in [0.717, 1.165) is 23.0 Å². The average molecular weight is 469 g/mol. The lowest BCUT2D eigenvalue weighted by molar-refractivity contribution is -0.274. The molecule has 0 saturated carbocycles. The van der Waals surface area contributed by atoms with Crippen molar-refractivity contribution in [1.29, 1.82) is 0 Å². The number of ether oxygens (including phenoxy) is 1. The van der Waals surface area contributed by atoms with Crippen LogP contribution in [-0.2, 0) is 14.1 Å². The molecule has 0 unspecified atom stereocenters. The maximum atomic E-state index is 12.5. The highest BCUT2D eigenvalue weighted by molar-refractivity contribution is 5.84. The molecule has 5 rings (SSSR count). The number of imidazole rings is 1. The highest BCUT2D eigenvalue weighted by Crippen LogP contribution is 2.32. The zero-order chi connectivity index (χ0) is 24.0. The minimum atomic E-state index is -4.79. The molecule has 0 saturated heterocycles. The summed E-state index contributed by atoms with van der Waals surface area (Å²) in [4.78, 5) is 13.0. The summed E-state index contributed by atoms with van der Waals surface area (Å²) in [6.07, 6.45) is 3.29. The van der Waals surface area contributed by atoms with Gasteiger partial charge in [0.1, 0.15) is 17.1 Å². The second-order valence-electron chi connectivity index (χ2n) is 7.53. The molecule has 5 aromatic heterocycles. The predicted molar refractivity (Wildman–Crippen MR) is 116 cm³/mol. The molecule has 0 aliphatic carbocycles. The molecule has 0 aliphatic rings. The molecule has 10 nitrogen and oxygen atoms in total. The first kappa shape index (κ1) is 21.4. The fourth-order valence-corrected chi connectivity index (χ4v) is 3.58. The first-order chi connectivity index (χ1) is 16.2. The van der Waals surface area contributed by atoms with Gasteiger partial charge in [-0.25, -0.2) is 19.5 Å². The minimum Gasteiger partial charge on any atom is -0.404 e. The highest BCUT2D eigenvalue weighted by Gasteiger charge is 2.31. The van der Waals surface area contributed by atoms with Gasteiger partial charge in [-0.2, -0.15) is 5.10 Å². The Labute approximate surface area is 190 Å². The van der Waals surface area contributed by atoms with E-state index >= 15 is 0 Å². The van der Waals surface area contributed by atoms with Crippen LogP contribution in [-0.4, -0.2) is 45.3 Å². The van der Waals surface area contributed by atoms with Gasteiger partial charge in [-0.1, -0.05) is 0 Å². The molecule has 0 fully saturated rings. The standard InChI is InChI=1S/C21H18F3N9O/c1-12-14(15-6-8-32(3)29-15)11-33-17(12)18(28-19(30-33)20-25-7-9-31(20)2)27-16-5-4-13(10-26-16)34-21(22,23)24/h4-11H,1-3H3,(H,26,27,28,30). The van der Waals surface area contributed by atoms with Crippen molar-refractivity contribution in [2.24, 2.45) is 14.1 Å². The second-order valence-corrected chi connectivity index (χ2v) is 7.53. The molecular weight excluding hydrogens is 451 g/mol. The summed E-state index contributed by atoms with van der Waals surface area (Å²) in [5.41, 5.74) is 3.15. The summed E-state index contributed by atoms with van der Waals surface area (Å²) in [7, 11) is 3.66. The van der Waals surface area contributed by atoms with Crippen molar-refractivity contribution in [1.82, 2.24) is 38.9 Å². The van der Waals surface area contributed by atoms with Crippen LogP contribution >= 0.6 is 0 Å². The van der Waals surface area contributed by atoms with E-state index in [1.54, 1.807) is 26.2 Å². The summed E-state index contributed by atoms with van der Waals surface area (Å²) in [5, 5.41) is 12.2. The number of pyridine rings is 1. The Balaban J connectivity index is 1.61. The van der Waals surface area contributed by atoms with Crippen molar-refractivity contribution >= 4 is 17.2 Å². The monoisotopic (exact) mass is 469 g/mol. The SMILES string of the molecule is Cc1c(-c2ccn(C)n2)cn2nc(-c3nccn3C)nc(Nc3ccc(OC(F)(F)F)cn3)c12. The predicted octanol–water partition coefficient (Wildman–Crippen LogP) is 3.88. The topological polar surface area (TPSA) is 100.0 Å². The van der Waals surface area contributed by atoms with Crippen LogP contribution in [0.1, 0.15) is 5.56 Å². The van der Waals surface area contributed by atoms with Gasteiger partial charge in [-0.05, 0) is 30.7 Å². The van der Waals surface area contributed by atoms with Crippen molar-refractivity contribution in [3.8, 4) is 28.7 Å². The third kappa shape index (κ3) is 4.02. The largest absolute Gasteiger partial charge is 0.573 e. The van der Waals surface area contributed by atoms with Crippen LogP contribution in [0.4, 0.5) is 24.8 Å². The van der Waals surface area contributed by atoms with Gasteiger partial charge in [-0.3, -0.25) is 4.68 Å². The first-order valence-electron chi connectivity index (χ1n) is 10.0. The summed E-state index contributed by atoms with van der Waals surface area (Å²) in [5.74, 6) is 1.15. The van der Waals surface area contributed by atoms with Gasteiger partial charge in [0.15, 0.2) is 11.6 Å². The number of rotatable bonds is 5. The Kier molecular flexibility index (Phi) is 4.96. The first-order valence-corrected chi connectivity index (χ1v) is 10.0. The number of aromatic nitrogens is 8. The van der Waals surface area contributed by atoms with E-state index in [1.165, 1.54) is 12.1 Å². The van der Waals surface area contributed by atoms with Crippen LogP contribution in [0.5, 0.6) is 5.75 Å². The molecule has 0 radical (unpaired) electrons. The zero-order valence-electron chi connectivity index (χ0n) is 18.2. The molecule has 1 N–H and O–H groups in total. The summed E-state index contributed by atoms with van der Waals surface area (Å²) < 4.78 is 46.4. The Morgan fingerprint density at radius 3 is 2.47 bits per heavy atom. The van der Waals surface area contributed by atoms with Gasteiger partial charge >= 0.3 is 6.36 Å². The van der Waals surface area contributed by atoms with E-state index < -0.39 is 12.1 Å². The van der Waals surface area contributed by atoms with Crippen molar-refractivity contribution in [2.45, 2.75) is 13.3 Å². The molecule has 5 heterocycles. The highest BCUT2D eigenvalue weighted by atomic mass is 19.4. The summed E-state index contributed by atoms with van der Waals surface area (Å²) in [6.45, 7) is 1.92. The Hall–Kier alpha value is -4.42. The number of anilines is 2. The Morgan fingerprint density at radius 2 is 1.85 bits per heavy atom. The molecule has 174 valence electrons. The van der Waals surface area contributed by atoms with Crippen molar-refractivity contribution in [3.05, 3.63) is 54.7 Å². The number of halogens is 3. The second kappa shape index (κ2) is 7.86. The van der Waals surface area contributed by atoms with Crippen LogP contribution in [0, 0.1) is 6.92 Å². The maximum absolute atomic E-state index is 12.5. The number of nitrogens with zero attached hydrogens (tertiary/aromatic N) is 8. The minimum absolute atomic E-state index is 0.279. The number of hydrogen-bond acceptors (Lipinski definition) is 7. The maximum Gasteiger partial charge on any atom is 0.573 e. The van der Waals surface area contributed by atoms with E-state index in [2.05, 4.69) is 35.2 Å². The molecule has 34 heavy (non-hydrogen) atoms. The van der Waals surface area contributed by atoms with E-state index in [4.69, 9.17) is 0 Å². The van der Waals surface area contributed by atoms with Gasteiger partial charge in [0.25, 0.3) is 0 Å². The number of fused-ring (bicyclic) bond motifs is 1. The third-order valence-corrected chi connectivity index (χ3v) is 5.11. The van der Waals surface area contributed by atoms with Gasteiger partial charge in [0.2, 0.25) is 5.82 Å². The van der Waals surface area contributed by atoms with E-state index in [-0.39, 0.29) is 5.82 Å². The van der Waals surface area contributed by atoms with Crippen LogP contribution in [0.3, 0.4) is 0 Å². The fraction of sp³-hybridized carbons (Fsp3) is 0.190. The van der Waals surface area contributed by atoms with Gasteiger partial charge in [-0.15, -0.1) is 18.3 Å². The average Bonchev–Trinajstić information content (AvgIpc) is 3.47. The van der Waals surface area contributed by atoms with Gasteiger partial charge < -0.3 is 14.6 Å². The lowest BCUT2D eigenvalue weighted by Crippen LogP contribution is -2.17. The number of nitrogens with one attached hydrogen (secondary N) is 1. The number of aryl methyl sites for hydroxylation is 3. The van der Waals surface area contributed by atoms with Crippen LogP contribution in [0.15, 0.2) is 49.2 Å². The molecule has 0 aliphatic heterocycles. The normalized spacial score (nSPS) is 11.8. The lowest BCUT2D eigenvalue weighted by atomic mass is 10.1. The van der Waals surface area contributed by atoms with E-state index in [1.807, 2.05) is 39.5 Å². The van der Waals surface area contributed by atoms with Crippen LogP contribution in [0.2, 0.25) is 0 Å². The van der Waals surface area contributed by atoms with Crippen molar-refractivity contribution in [2.75, 3.05) is 5.32 Å². The lowest BCUT2D eigenvalue weighted by Gasteiger charge is -2.11. The Morgan fingerprint density at radius 1 is 1.03 bits per heavy atom. The smallest absolute Gasteiger partial charge is 0.404 e. The molecule has 0 aromatic carbocycles. The quantitative estimate of drug-likeness (QED) is 0.417. The molecule has 0 atom stereocenters. The van der Waals surface area contributed by atoms with Crippen molar-refractivity contribution < 1.29 is 17.9 Å². The summed E-state index contributed by atoms with van der Waals surface area (Å²) >= 11 is 0. The molecule has 0 spiro atoms. The third-order valence-electron chi connectivity index (χ3n) is 5.11. The summed E-state index contributed by atoms with van der Waals surface area (Å²) in [6, 6.07) is 4.44. The molecule has 0 amide bonds. The molecule has 5 aromatic rings.